The Kier molecular flexibility index (Phi) is 4.44. The van der Waals surface area contributed by atoms with E-state index in [2.05, 4.69) is 30.2 Å². The van der Waals surface area contributed by atoms with Gasteiger partial charge in [-0.1, -0.05) is 12.1 Å². The predicted octanol–water partition coefficient (Wildman–Crippen LogP) is 2.22. The molecule has 4 aromatic rings. The lowest BCUT2D eigenvalue weighted by Gasteiger charge is -2.17. The largest absolute Gasteiger partial charge is 0.360 e. The molecule has 0 spiro atoms. The summed E-state index contributed by atoms with van der Waals surface area (Å²) in [7, 11) is 0. The summed E-state index contributed by atoms with van der Waals surface area (Å²) in [4.78, 5) is 31.3. The summed E-state index contributed by atoms with van der Waals surface area (Å²) in [6.07, 6.45) is 6.23. The Bertz CT molecular complexity index is 1130. The van der Waals surface area contributed by atoms with Crippen molar-refractivity contribution in [3.63, 3.8) is 0 Å². The molecular weight excluding hydrogens is 366 g/mol. The van der Waals surface area contributed by atoms with E-state index < -0.39 is 0 Å². The molecule has 146 valence electrons. The van der Waals surface area contributed by atoms with Crippen LogP contribution in [-0.2, 0) is 11.3 Å². The topological polar surface area (TPSA) is 91.7 Å². The van der Waals surface area contributed by atoms with Crippen molar-refractivity contribution in [2.45, 2.75) is 19.0 Å². The van der Waals surface area contributed by atoms with Crippen molar-refractivity contribution in [3.05, 3.63) is 61.2 Å². The number of imidazole rings is 1. The Hall–Kier alpha value is -3.68. The highest BCUT2D eigenvalue weighted by Gasteiger charge is 2.26. The molecule has 8 heteroatoms. The Morgan fingerprint density at radius 3 is 3.00 bits per heavy atom. The summed E-state index contributed by atoms with van der Waals surface area (Å²) in [5.41, 5.74) is 3.68. The third kappa shape index (κ3) is 3.56. The van der Waals surface area contributed by atoms with Crippen molar-refractivity contribution in [2.24, 2.45) is 0 Å². The van der Waals surface area contributed by atoms with Gasteiger partial charge in [0.2, 0.25) is 11.9 Å². The van der Waals surface area contributed by atoms with Crippen molar-refractivity contribution in [3.8, 4) is 11.4 Å². The molecule has 1 unspecified atom stereocenters. The zero-order chi connectivity index (χ0) is 19.6. The molecule has 8 nitrogen and oxygen atoms in total. The summed E-state index contributed by atoms with van der Waals surface area (Å²) in [6.45, 7) is 1.77. The molecular formula is C21H21N7O. The second kappa shape index (κ2) is 7.38. The first kappa shape index (κ1) is 17.4. The standard InChI is InChI=1S/C21H21N7O/c29-20(13-28-14-24-18-4-1-2-6-19(18)28)25-15-8-11-27(12-15)21-23-10-7-17(26-21)16-5-3-9-22-16/h1-7,9-10,14-15,22H,8,11-13H2,(H,25,29). The number of benzene rings is 1. The number of hydrogen-bond donors (Lipinski definition) is 2. The van der Waals surface area contributed by atoms with E-state index in [4.69, 9.17) is 0 Å². The monoisotopic (exact) mass is 387 g/mol. The van der Waals surface area contributed by atoms with E-state index in [1.165, 1.54) is 0 Å². The number of carbonyl (C=O) groups excluding carboxylic acids is 1. The number of aromatic nitrogens is 5. The summed E-state index contributed by atoms with van der Waals surface area (Å²) >= 11 is 0. The van der Waals surface area contributed by atoms with Crippen molar-refractivity contribution in [1.82, 2.24) is 29.8 Å². The molecule has 4 heterocycles. The van der Waals surface area contributed by atoms with E-state index in [1.807, 2.05) is 53.2 Å². The minimum absolute atomic E-state index is 0.0129. The molecule has 29 heavy (non-hydrogen) atoms. The first-order valence-corrected chi connectivity index (χ1v) is 9.67. The fourth-order valence-corrected chi connectivity index (χ4v) is 3.76. The van der Waals surface area contributed by atoms with Gasteiger partial charge in [-0.2, -0.15) is 0 Å². The maximum atomic E-state index is 12.5. The van der Waals surface area contributed by atoms with Crippen LogP contribution in [0.5, 0.6) is 0 Å². The zero-order valence-electron chi connectivity index (χ0n) is 15.8. The van der Waals surface area contributed by atoms with Crippen LogP contribution in [0.2, 0.25) is 0 Å². The van der Waals surface area contributed by atoms with Gasteiger partial charge in [-0.3, -0.25) is 4.79 Å². The molecule has 1 amide bonds. The molecule has 0 saturated carbocycles. The molecule has 0 bridgehead atoms. The molecule has 1 aliphatic heterocycles. The van der Waals surface area contributed by atoms with Gasteiger partial charge in [0.05, 0.1) is 28.7 Å². The lowest BCUT2D eigenvalue weighted by Crippen LogP contribution is -2.39. The highest BCUT2D eigenvalue weighted by atomic mass is 16.2. The number of anilines is 1. The maximum absolute atomic E-state index is 12.5. The number of amides is 1. The average molecular weight is 387 g/mol. The lowest BCUT2D eigenvalue weighted by atomic mass is 10.2. The fraction of sp³-hybridized carbons (Fsp3) is 0.238. The van der Waals surface area contributed by atoms with Crippen molar-refractivity contribution in [2.75, 3.05) is 18.0 Å². The van der Waals surface area contributed by atoms with Gasteiger partial charge >= 0.3 is 0 Å². The molecule has 1 fully saturated rings. The van der Waals surface area contributed by atoms with Crippen LogP contribution < -0.4 is 10.2 Å². The van der Waals surface area contributed by atoms with Crippen molar-refractivity contribution >= 4 is 22.9 Å². The first-order chi connectivity index (χ1) is 14.3. The first-order valence-electron chi connectivity index (χ1n) is 9.67. The van der Waals surface area contributed by atoms with Gasteiger partial charge in [-0.25, -0.2) is 15.0 Å². The smallest absolute Gasteiger partial charge is 0.240 e. The number of nitrogens with zero attached hydrogens (tertiary/aromatic N) is 5. The van der Waals surface area contributed by atoms with Crippen LogP contribution in [0.4, 0.5) is 5.95 Å². The lowest BCUT2D eigenvalue weighted by molar-refractivity contribution is -0.122. The molecule has 5 rings (SSSR count). The van der Waals surface area contributed by atoms with Gasteiger partial charge in [0.15, 0.2) is 0 Å². The van der Waals surface area contributed by atoms with Gasteiger partial charge in [0.1, 0.15) is 6.54 Å². The van der Waals surface area contributed by atoms with Crippen molar-refractivity contribution < 1.29 is 4.79 Å². The Morgan fingerprint density at radius 1 is 1.17 bits per heavy atom. The maximum Gasteiger partial charge on any atom is 0.240 e. The number of H-pyrrole nitrogens is 1. The summed E-state index contributed by atoms with van der Waals surface area (Å²) in [5.74, 6) is 0.676. The van der Waals surface area contributed by atoms with Gasteiger partial charge in [0.25, 0.3) is 0 Å². The summed E-state index contributed by atoms with van der Waals surface area (Å²) < 4.78 is 1.88. The van der Waals surface area contributed by atoms with Crippen LogP contribution in [0.1, 0.15) is 6.42 Å². The number of para-hydroxylation sites is 2. The molecule has 3 aromatic heterocycles. The number of aromatic amines is 1. The highest BCUT2D eigenvalue weighted by Crippen LogP contribution is 2.20. The van der Waals surface area contributed by atoms with E-state index in [1.54, 1.807) is 12.5 Å². The highest BCUT2D eigenvalue weighted by molar-refractivity contribution is 5.80. The van der Waals surface area contributed by atoms with E-state index >= 15 is 0 Å². The van der Waals surface area contributed by atoms with Crippen LogP contribution in [0.15, 0.2) is 61.2 Å². The molecule has 1 aromatic carbocycles. The quantitative estimate of drug-likeness (QED) is 0.548. The van der Waals surface area contributed by atoms with Crippen LogP contribution in [-0.4, -0.2) is 49.5 Å². The fourth-order valence-electron chi connectivity index (χ4n) is 3.76. The number of rotatable bonds is 5. The number of nitrogens with one attached hydrogen (secondary N) is 2. The van der Waals surface area contributed by atoms with Gasteiger partial charge in [0, 0.05) is 31.5 Å². The van der Waals surface area contributed by atoms with E-state index in [-0.39, 0.29) is 18.5 Å². The Morgan fingerprint density at radius 2 is 2.10 bits per heavy atom. The molecule has 0 aliphatic carbocycles. The normalized spacial score (nSPS) is 16.4. The van der Waals surface area contributed by atoms with Gasteiger partial charge < -0.3 is 19.8 Å². The van der Waals surface area contributed by atoms with E-state index in [9.17, 15) is 4.79 Å². The SMILES string of the molecule is O=C(Cn1cnc2ccccc21)NC1CCN(c2nccc(-c3ccc[nH]3)n2)C1. The Labute approximate surface area is 167 Å². The van der Waals surface area contributed by atoms with Gasteiger partial charge in [-0.15, -0.1) is 0 Å². The summed E-state index contributed by atoms with van der Waals surface area (Å²) in [6, 6.07) is 13.7. The minimum Gasteiger partial charge on any atom is -0.360 e. The third-order valence-electron chi connectivity index (χ3n) is 5.19. The van der Waals surface area contributed by atoms with Crippen LogP contribution in [0.3, 0.4) is 0 Å². The molecule has 0 radical (unpaired) electrons. The zero-order valence-corrected chi connectivity index (χ0v) is 15.8. The molecule has 2 N–H and O–H groups in total. The number of fused-ring (bicyclic) bond motifs is 1. The van der Waals surface area contributed by atoms with Crippen LogP contribution in [0, 0.1) is 0 Å². The van der Waals surface area contributed by atoms with Crippen LogP contribution >= 0.6 is 0 Å². The second-order valence-electron chi connectivity index (χ2n) is 7.19. The predicted molar refractivity (Wildman–Crippen MR) is 110 cm³/mol. The molecule has 1 saturated heterocycles. The molecule has 1 aliphatic rings. The Balaban J connectivity index is 1.22. The number of hydrogen-bond acceptors (Lipinski definition) is 5. The van der Waals surface area contributed by atoms with Gasteiger partial charge in [-0.05, 0) is 36.8 Å². The van der Waals surface area contributed by atoms with E-state index in [0.717, 1.165) is 35.4 Å². The van der Waals surface area contributed by atoms with Crippen molar-refractivity contribution in [1.29, 1.82) is 0 Å². The number of carbonyl (C=O) groups is 1. The summed E-state index contributed by atoms with van der Waals surface area (Å²) in [5, 5.41) is 3.13. The van der Waals surface area contributed by atoms with Crippen LogP contribution in [0.25, 0.3) is 22.4 Å². The molecule has 1 atom stereocenters. The third-order valence-corrected chi connectivity index (χ3v) is 5.19. The van der Waals surface area contributed by atoms with E-state index in [0.29, 0.717) is 12.5 Å². The average Bonchev–Trinajstić information content (AvgIpc) is 3.50. The minimum atomic E-state index is -0.0129. The second-order valence-corrected chi connectivity index (χ2v) is 7.19.